The molecule has 12 heavy (non-hydrogen) atoms. The molecule has 1 heteroatoms. The Kier molecular flexibility index (Phi) is 1.15. The van der Waals surface area contributed by atoms with Gasteiger partial charge in [0.2, 0.25) is 0 Å². The van der Waals surface area contributed by atoms with Crippen LogP contribution in [-0.2, 0) is 4.79 Å². The first kappa shape index (κ1) is 6.88. The van der Waals surface area contributed by atoms with Crippen molar-refractivity contribution >= 4 is 5.78 Å². The first-order valence-corrected chi connectivity index (χ1v) is 4.98. The van der Waals surface area contributed by atoms with E-state index < -0.39 is 0 Å². The van der Waals surface area contributed by atoms with E-state index in [0.29, 0.717) is 24.0 Å². The second kappa shape index (κ2) is 2.01. The van der Waals surface area contributed by atoms with E-state index in [4.69, 9.17) is 0 Å². The third kappa shape index (κ3) is 0.634. The number of ketones is 1. The fraction of sp³-hybridized carbons (Fsp3) is 0.727. The highest BCUT2D eigenvalue weighted by molar-refractivity contribution is 5.88. The Bertz CT molecular complexity index is 240. The molecule has 0 N–H and O–H groups in total. The molecule has 3 saturated carbocycles. The molecule has 0 aromatic heterocycles. The van der Waals surface area contributed by atoms with Gasteiger partial charge in [0, 0.05) is 12.3 Å². The van der Waals surface area contributed by atoms with Gasteiger partial charge in [0.1, 0.15) is 5.78 Å². The number of carbonyl (C=O) groups is 1. The molecular formula is C11H14O. The average molecular weight is 162 g/mol. The van der Waals surface area contributed by atoms with E-state index in [1.54, 1.807) is 0 Å². The minimum atomic E-state index is 0.413. The standard InChI is InChI=1S/C11H14O/c1-6-4-9(12)11-8-3-2-7(5-8)10(6)11/h7-8,10-11H,1-5H2. The number of Topliss-reactive ketones (excluding diaryl/α,β-unsaturated/α-hetero) is 1. The average Bonchev–Trinajstić information content (AvgIpc) is 2.64. The summed E-state index contributed by atoms with van der Waals surface area (Å²) >= 11 is 0. The van der Waals surface area contributed by atoms with Crippen molar-refractivity contribution < 1.29 is 4.79 Å². The summed E-state index contributed by atoms with van der Waals surface area (Å²) in [6.45, 7) is 4.05. The normalized spacial score (nSPS) is 50.3. The summed E-state index contributed by atoms with van der Waals surface area (Å²) in [6.07, 6.45) is 4.69. The molecule has 0 radical (unpaired) electrons. The summed E-state index contributed by atoms with van der Waals surface area (Å²) in [6, 6.07) is 0. The van der Waals surface area contributed by atoms with Gasteiger partial charge in [-0.05, 0) is 37.0 Å². The zero-order chi connectivity index (χ0) is 8.29. The highest BCUT2D eigenvalue weighted by Crippen LogP contribution is 2.58. The topological polar surface area (TPSA) is 17.1 Å². The van der Waals surface area contributed by atoms with Crippen LogP contribution in [0.4, 0.5) is 0 Å². The Labute approximate surface area is 72.8 Å². The summed E-state index contributed by atoms with van der Waals surface area (Å²) in [4.78, 5) is 11.6. The molecule has 0 aromatic carbocycles. The van der Waals surface area contributed by atoms with Crippen molar-refractivity contribution in [2.24, 2.45) is 23.7 Å². The van der Waals surface area contributed by atoms with Gasteiger partial charge in [-0.3, -0.25) is 4.79 Å². The van der Waals surface area contributed by atoms with Crippen molar-refractivity contribution in [3.05, 3.63) is 12.2 Å². The molecule has 1 nitrogen and oxygen atoms in total. The predicted octanol–water partition coefficient (Wildman–Crippen LogP) is 2.18. The van der Waals surface area contributed by atoms with Gasteiger partial charge in [-0.25, -0.2) is 0 Å². The van der Waals surface area contributed by atoms with Gasteiger partial charge < -0.3 is 0 Å². The van der Waals surface area contributed by atoms with Crippen LogP contribution >= 0.6 is 0 Å². The maximum atomic E-state index is 11.6. The Morgan fingerprint density at radius 1 is 1.17 bits per heavy atom. The molecule has 0 spiro atoms. The minimum Gasteiger partial charge on any atom is -0.299 e. The third-order valence-electron chi connectivity index (χ3n) is 4.16. The molecule has 3 fully saturated rings. The van der Waals surface area contributed by atoms with Crippen LogP contribution in [0.1, 0.15) is 25.7 Å². The van der Waals surface area contributed by atoms with Crippen LogP contribution in [0.15, 0.2) is 12.2 Å². The van der Waals surface area contributed by atoms with Gasteiger partial charge in [-0.1, -0.05) is 12.2 Å². The molecule has 0 amide bonds. The largest absolute Gasteiger partial charge is 0.299 e. The van der Waals surface area contributed by atoms with Crippen molar-refractivity contribution in [3.8, 4) is 0 Å². The van der Waals surface area contributed by atoms with Crippen LogP contribution < -0.4 is 0 Å². The van der Waals surface area contributed by atoms with E-state index in [9.17, 15) is 4.79 Å². The minimum absolute atomic E-state index is 0.413. The van der Waals surface area contributed by atoms with E-state index in [1.807, 2.05) is 0 Å². The second-order valence-corrected chi connectivity index (χ2v) is 4.69. The fourth-order valence-corrected chi connectivity index (χ4v) is 3.80. The quantitative estimate of drug-likeness (QED) is 0.499. The molecule has 3 aliphatic rings. The van der Waals surface area contributed by atoms with Gasteiger partial charge in [-0.15, -0.1) is 0 Å². The Hall–Kier alpha value is -0.590. The molecule has 2 bridgehead atoms. The number of fused-ring (bicyclic) bond motifs is 5. The summed E-state index contributed by atoms with van der Waals surface area (Å²) in [5, 5.41) is 0. The van der Waals surface area contributed by atoms with E-state index in [0.717, 1.165) is 11.8 Å². The van der Waals surface area contributed by atoms with Crippen molar-refractivity contribution in [3.63, 3.8) is 0 Å². The molecule has 4 unspecified atom stereocenters. The summed E-state index contributed by atoms with van der Waals surface area (Å²) in [5.41, 5.74) is 1.25. The third-order valence-corrected chi connectivity index (χ3v) is 4.16. The van der Waals surface area contributed by atoms with E-state index in [-0.39, 0.29) is 0 Å². The van der Waals surface area contributed by atoms with E-state index in [2.05, 4.69) is 6.58 Å². The first-order chi connectivity index (χ1) is 5.77. The molecule has 4 atom stereocenters. The Morgan fingerprint density at radius 3 is 2.50 bits per heavy atom. The molecule has 0 saturated heterocycles. The Balaban J connectivity index is 2.03. The van der Waals surface area contributed by atoms with Crippen LogP contribution in [0.3, 0.4) is 0 Å². The molecule has 3 aliphatic carbocycles. The summed E-state index contributed by atoms with van der Waals surface area (Å²) in [5.74, 6) is 3.09. The monoisotopic (exact) mass is 162 g/mol. The highest BCUT2D eigenvalue weighted by Gasteiger charge is 2.54. The van der Waals surface area contributed by atoms with Crippen molar-refractivity contribution in [2.75, 3.05) is 0 Å². The number of allylic oxidation sites excluding steroid dienone is 1. The lowest BCUT2D eigenvalue weighted by Crippen LogP contribution is -2.22. The zero-order valence-electron chi connectivity index (χ0n) is 7.25. The second-order valence-electron chi connectivity index (χ2n) is 4.69. The van der Waals surface area contributed by atoms with E-state index >= 15 is 0 Å². The molecule has 0 heterocycles. The van der Waals surface area contributed by atoms with Crippen LogP contribution in [0.25, 0.3) is 0 Å². The van der Waals surface area contributed by atoms with Gasteiger partial charge in [-0.2, -0.15) is 0 Å². The maximum absolute atomic E-state index is 11.6. The smallest absolute Gasteiger partial charge is 0.140 e. The molecule has 64 valence electrons. The van der Waals surface area contributed by atoms with Crippen LogP contribution in [0.5, 0.6) is 0 Å². The lowest BCUT2D eigenvalue weighted by Gasteiger charge is -2.23. The van der Waals surface area contributed by atoms with E-state index in [1.165, 1.54) is 24.8 Å². The van der Waals surface area contributed by atoms with Crippen molar-refractivity contribution in [1.29, 1.82) is 0 Å². The predicted molar refractivity (Wildman–Crippen MR) is 46.6 cm³/mol. The number of hydrogen-bond donors (Lipinski definition) is 0. The number of hydrogen-bond acceptors (Lipinski definition) is 1. The molecule has 0 aliphatic heterocycles. The van der Waals surface area contributed by atoms with Crippen molar-refractivity contribution in [2.45, 2.75) is 25.7 Å². The van der Waals surface area contributed by atoms with Crippen LogP contribution in [-0.4, -0.2) is 5.78 Å². The molecule has 3 rings (SSSR count). The Morgan fingerprint density at radius 2 is 1.83 bits per heavy atom. The lowest BCUT2D eigenvalue weighted by molar-refractivity contribution is -0.122. The fourth-order valence-electron chi connectivity index (χ4n) is 3.80. The molecule has 0 aromatic rings. The van der Waals surface area contributed by atoms with Crippen LogP contribution in [0.2, 0.25) is 0 Å². The van der Waals surface area contributed by atoms with Gasteiger partial charge in [0.25, 0.3) is 0 Å². The van der Waals surface area contributed by atoms with Gasteiger partial charge in [0.15, 0.2) is 0 Å². The highest BCUT2D eigenvalue weighted by atomic mass is 16.1. The SMILES string of the molecule is C=C1CC(=O)C2C3CCC(C3)C12. The molecular weight excluding hydrogens is 148 g/mol. The van der Waals surface area contributed by atoms with Crippen LogP contribution in [0, 0.1) is 23.7 Å². The van der Waals surface area contributed by atoms with Gasteiger partial charge in [0.05, 0.1) is 0 Å². The maximum Gasteiger partial charge on any atom is 0.140 e. The zero-order valence-corrected chi connectivity index (χ0v) is 7.25. The summed E-state index contributed by atoms with van der Waals surface area (Å²) < 4.78 is 0. The number of rotatable bonds is 0. The summed E-state index contributed by atoms with van der Waals surface area (Å²) in [7, 11) is 0. The first-order valence-electron chi connectivity index (χ1n) is 4.98. The van der Waals surface area contributed by atoms with Gasteiger partial charge >= 0.3 is 0 Å². The lowest BCUT2D eigenvalue weighted by atomic mass is 9.80. The number of carbonyl (C=O) groups excluding carboxylic acids is 1. The van der Waals surface area contributed by atoms with Crippen molar-refractivity contribution in [1.82, 2.24) is 0 Å².